The number of nitrogens with zero attached hydrogens (tertiary/aromatic N) is 1. The first-order chi connectivity index (χ1) is 10.0. The number of carbonyl (C=O) groups is 2. The highest BCUT2D eigenvalue weighted by molar-refractivity contribution is 7.10. The number of methoxy groups -OCH3 is 1. The van der Waals surface area contributed by atoms with Crippen molar-refractivity contribution < 1.29 is 19.4 Å². The summed E-state index contributed by atoms with van der Waals surface area (Å²) in [5.41, 5.74) is 0.389. The maximum absolute atomic E-state index is 12.2. The van der Waals surface area contributed by atoms with Gasteiger partial charge in [0.2, 0.25) is 5.91 Å². The van der Waals surface area contributed by atoms with Crippen molar-refractivity contribution in [2.45, 2.75) is 12.8 Å². The molecule has 0 fully saturated rings. The van der Waals surface area contributed by atoms with Gasteiger partial charge in [0.25, 0.3) is 0 Å². The van der Waals surface area contributed by atoms with Crippen molar-refractivity contribution in [1.29, 1.82) is 0 Å². The lowest BCUT2D eigenvalue weighted by molar-refractivity contribution is -0.255. The topological polar surface area (TPSA) is 91.3 Å². The number of aromatic nitrogens is 1. The number of benzene rings is 1. The number of thiazole rings is 1. The molecule has 0 aliphatic heterocycles. The van der Waals surface area contributed by atoms with Crippen LogP contribution < -0.4 is 15.2 Å². The Hall–Kier alpha value is -2.41. The third kappa shape index (κ3) is 3.38. The van der Waals surface area contributed by atoms with Crippen molar-refractivity contribution >= 4 is 28.9 Å². The highest BCUT2D eigenvalue weighted by Gasteiger charge is 2.20. The maximum atomic E-state index is 12.2. The summed E-state index contributed by atoms with van der Waals surface area (Å²) in [6.07, 6.45) is 0. The highest BCUT2D eigenvalue weighted by atomic mass is 32.1. The lowest BCUT2D eigenvalue weighted by Gasteiger charge is -2.12. The van der Waals surface area contributed by atoms with E-state index in [0.717, 1.165) is 11.3 Å². The minimum absolute atomic E-state index is 0.160. The molecule has 0 bridgehead atoms. The van der Waals surface area contributed by atoms with E-state index in [0.29, 0.717) is 16.4 Å². The van der Waals surface area contributed by atoms with Crippen molar-refractivity contribution in [2.24, 2.45) is 0 Å². The van der Waals surface area contributed by atoms with Gasteiger partial charge in [-0.3, -0.25) is 4.79 Å². The van der Waals surface area contributed by atoms with Crippen LogP contribution in [0.25, 0.3) is 0 Å². The van der Waals surface area contributed by atoms with Crippen molar-refractivity contribution in [2.75, 3.05) is 12.4 Å². The van der Waals surface area contributed by atoms with E-state index in [4.69, 9.17) is 4.74 Å². The van der Waals surface area contributed by atoms with Crippen LogP contribution in [0.3, 0.4) is 0 Å². The average molecular weight is 305 g/mol. The summed E-state index contributed by atoms with van der Waals surface area (Å²) in [5.74, 6) is -1.67. The Balaban J connectivity index is 2.13. The second-order valence-electron chi connectivity index (χ2n) is 4.27. The van der Waals surface area contributed by atoms with E-state index in [1.165, 1.54) is 12.5 Å². The van der Waals surface area contributed by atoms with E-state index >= 15 is 0 Å². The standard InChI is InChI=1S/C14H14N2O4S/c1-8(13-16-10(7-21-13)14(18)19)12(17)15-9-5-3-4-6-11(9)20-2/h3-8H,1-2H3,(H,15,17)(H,18,19)/p-1/t8-/m0/s1. The Morgan fingerprint density at radius 1 is 1.38 bits per heavy atom. The van der Waals surface area contributed by atoms with Gasteiger partial charge in [-0.05, 0) is 19.1 Å². The molecule has 6 nitrogen and oxygen atoms in total. The van der Waals surface area contributed by atoms with Crippen LogP contribution in [0.2, 0.25) is 0 Å². The number of para-hydroxylation sites is 2. The molecule has 1 heterocycles. The van der Waals surface area contributed by atoms with Crippen LogP contribution in [0.1, 0.15) is 28.3 Å². The number of carbonyl (C=O) groups excluding carboxylic acids is 2. The number of amides is 1. The predicted molar refractivity (Wildman–Crippen MR) is 76.5 cm³/mol. The number of aromatic carboxylic acids is 1. The van der Waals surface area contributed by atoms with Crippen LogP contribution in [0.4, 0.5) is 5.69 Å². The first-order valence-electron chi connectivity index (χ1n) is 6.13. The van der Waals surface area contributed by atoms with Crippen LogP contribution in [-0.2, 0) is 4.79 Å². The molecule has 1 atom stereocenters. The molecule has 1 aromatic carbocycles. The monoisotopic (exact) mass is 305 g/mol. The van der Waals surface area contributed by atoms with Crippen molar-refractivity contribution in [3.63, 3.8) is 0 Å². The van der Waals surface area contributed by atoms with Gasteiger partial charge in [0.05, 0.1) is 30.4 Å². The zero-order valence-electron chi connectivity index (χ0n) is 11.5. The van der Waals surface area contributed by atoms with Crippen LogP contribution in [-0.4, -0.2) is 24.0 Å². The Morgan fingerprint density at radius 3 is 2.71 bits per heavy atom. The Morgan fingerprint density at radius 2 is 2.10 bits per heavy atom. The van der Waals surface area contributed by atoms with Gasteiger partial charge in [-0.15, -0.1) is 11.3 Å². The van der Waals surface area contributed by atoms with Gasteiger partial charge in [-0.25, -0.2) is 4.98 Å². The van der Waals surface area contributed by atoms with Crippen LogP contribution in [0.5, 0.6) is 5.75 Å². The van der Waals surface area contributed by atoms with Gasteiger partial charge in [0.15, 0.2) is 0 Å². The normalized spacial score (nSPS) is 11.7. The number of hydrogen-bond acceptors (Lipinski definition) is 6. The van der Waals surface area contributed by atoms with E-state index in [1.807, 2.05) is 0 Å². The number of carboxylic acids is 1. The molecule has 21 heavy (non-hydrogen) atoms. The van der Waals surface area contributed by atoms with Gasteiger partial charge >= 0.3 is 0 Å². The summed E-state index contributed by atoms with van der Waals surface area (Å²) in [5, 5.41) is 15.2. The molecule has 1 amide bonds. The van der Waals surface area contributed by atoms with Gasteiger partial charge in [0, 0.05) is 5.38 Å². The first kappa shape index (κ1) is 15.0. The molecule has 0 unspecified atom stereocenters. The maximum Gasteiger partial charge on any atom is 0.234 e. The molecule has 0 aliphatic carbocycles. The fourth-order valence-corrected chi connectivity index (χ4v) is 2.52. The lowest BCUT2D eigenvalue weighted by atomic mass is 10.1. The molecule has 0 spiro atoms. The Bertz CT molecular complexity index is 668. The summed E-state index contributed by atoms with van der Waals surface area (Å²) in [6, 6.07) is 7.03. The first-order valence-corrected chi connectivity index (χ1v) is 7.01. The summed E-state index contributed by atoms with van der Waals surface area (Å²) < 4.78 is 5.15. The molecule has 2 rings (SSSR count). The van der Waals surface area contributed by atoms with Gasteiger partial charge in [-0.1, -0.05) is 12.1 Å². The van der Waals surface area contributed by atoms with Crippen LogP contribution in [0.15, 0.2) is 29.6 Å². The van der Waals surface area contributed by atoms with E-state index in [1.54, 1.807) is 31.2 Å². The van der Waals surface area contributed by atoms with E-state index in [9.17, 15) is 14.7 Å². The number of carboxylic acid groups (broad SMARTS) is 1. The molecular weight excluding hydrogens is 292 g/mol. The minimum Gasteiger partial charge on any atom is -0.543 e. The molecule has 110 valence electrons. The minimum atomic E-state index is -1.35. The third-order valence-electron chi connectivity index (χ3n) is 2.86. The zero-order valence-corrected chi connectivity index (χ0v) is 12.3. The fourth-order valence-electron chi connectivity index (χ4n) is 1.68. The number of anilines is 1. The number of rotatable bonds is 5. The molecule has 0 aliphatic rings. The third-order valence-corrected chi connectivity index (χ3v) is 3.89. The van der Waals surface area contributed by atoms with Crippen molar-refractivity contribution in [3.8, 4) is 5.75 Å². The molecule has 0 saturated heterocycles. The zero-order chi connectivity index (χ0) is 15.4. The summed E-state index contributed by atoms with van der Waals surface area (Å²) in [7, 11) is 1.52. The second-order valence-corrected chi connectivity index (χ2v) is 5.16. The van der Waals surface area contributed by atoms with Gasteiger partial charge in [-0.2, -0.15) is 0 Å². The summed E-state index contributed by atoms with van der Waals surface area (Å²) in [6.45, 7) is 1.66. The molecule has 1 aromatic heterocycles. The van der Waals surface area contributed by atoms with Gasteiger partial charge < -0.3 is 20.0 Å². The SMILES string of the molecule is COc1ccccc1NC(=O)[C@H](C)c1nc(C(=O)[O-])cs1. The van der Waals surface area contributed by atoms with E-state index < -0.39 is 11.9 Å². The van der Waals surface area contributed by atoms with Crippen LogP contribution in [0, 0.1) is 0 Å². The quantitative estimate of drug-likeness (QED) is 0.898. The summed E-state index contributed by atoms with van der Waals surface area (Å²) in [4.78, 5) is 26.8. The second kappa shape index (κ2) is 6.36. The molecule has 0 saturated carbocycles. The molecule has 1 N–H and O–H groups in total. The number of hydrogen-bond donors (Lipinski definition) is 1. The van der Waals surface area contributed by atoms with Crippen molar-refractivity contribution in [3.05, 3.63) is 40.3 Å². The average Bonchev–Trinajstić information content (AvgIpc) is 2.97. The van der Waals surface area contributed by atoms with E-state index in [2.05, 4.69) is 10.3 Å². The predicted octanol–water partition coefficient (Wildman–Crippen LogP) is 1.26. The van der Waals surface area contributed by atoms with E-state index in [-0.39, 0.29) is 11.6 Å². The highest BCUT2D eigenvalue weighted by Crippen LogP contribution is 2.26. The van der Waals surface area contributed by atoms with Crippen LogP contribution >= 0.6 is 11.3 Å². The van der Waals surface area contributed by atoms with Crippen molar-refractivity contribution in [1.82, 2.24) is 4.98 Å². The fraction of sp³-hybridized carbons (Fsp3) is 0.214. The Kier molecular flexibility index (Phi) is 4.54. The number of nitrogens with one attached hydrogen (secondary N) is 1. The lowest BCUT2D eigenvalue weighted by Crippen LogP contribution is -2.23. The van der Waals surface area contributed by atoms with Gasteiger partial charge in [0.1, 0.15) is 10.8 Å². The Labute approximate surface area is 125 Å². The smallest absolute Gasteiger partial charge is 0.234 e. The molecular formula is C14H13N2O4S-. The molecule has 0 radical (unpaired) electrons. The number of ether oxygens (including phenoxy) is 1. The largest absolute Gasteiger partial charge is 0.543 e. The summed E-state index contributed by atoms with van der Waals surface area (Å²) >= 11 is 1.11. The molecule has 2 aromatic rings. The molecule has 7 heteroatoms.